The zero-order chi connectivity index (χ0) is 30.5. The number of pyridine rings is 1. The van der Waals surface area contributed by atoms with E-state index in [4.69, 9.17) is 33.0 Å². The molecule has 0 saturated heterocycles. The Morgan fingerprint density at radius 3 is 2.34 bits per heavy atom. The second-order valence-electron chi connectivity index (χ2n) is 10.3. The van der Waals surface area contributed by atoms with E-state index in [9.17, 15) is 0 Å². The average molecular weight is 600 g/mol. The molecule has 0 fully saturated rings. The fraction of sp³-hybridized carbons (Fsp3) is 0.531. The highest BCUT2D eigenvalue weighted by Crippen LogP contribution is 2.32. The van der Waals surface area contributed by atoms with Gasteiger partial charge in [0.25, 0.3) is 0 Å². The van der Waals surface area contributed by atoms with Crippen LogP contribution in [0.2, 0.25) is 5.02 Å². The minimum Gasteiger partial charge on any atom is -0.383 e. The highest BCUT2D eigenvalue weighted by Gasteiger charge is 2.15. The molecule has 3 aromatic rings. The number of thioether (sulfide) groups is 1. The second kappa shape index (κ2) is 17.5. The molecule has 3 aromatic heterocycles. The standard InChI is InChI=1S/C26H35ClN6S.C6H15N/c1-7-11-33(12-8-2)15-19-13-18(16(5)24(28)30-19)14-20(9-3)34-26-29-17(6)22-23(27)21(10-4)31-25(22)32-26;1-3-5-6(7)4-2/h9,13-14H,5,7-8,10-12,15H2,1-4,6H3,(H2,28,30)(H,29,31,32);6H,3-5,7H2,1-2H3/b18-14-,20-9+;. The largest absolute Gasteiger partial charge is 0.383 e. The molecule has 0 aromatic carbocycles. The lowest BCUT2D eigenvalue weighted by atomic mass is 10.1. The van der Waals surface area contributed by atoms with Gasteiger partial charge in [0.15, 0.2) is 5.16 Å². The third-order valence-electron chi connectivity index (χ3n) is 6.86. The van der Waals surface area contributed by atoms with Crippen LogP contribution >= 0.6 is 23.4 Å². The van der Waals surface area contributed by atoms with Crippen LogP contribution in [0.3, 0.4) is 0 Å². The lowest BCUT2D eigenvalue weighted by Gasteiger charge is -2.20. The molecule has 0 spiro atoms. The Kier molecular flexibility index (Phi) is 14.9. The topological polar surface area (TPSA) is 110 Å². The van der Waals surface area contributed by atoms with Crippen LogP contribution in [0.25, 0.3) is 23.7 Å². The molecule has 9 heteroatoms. The van der Waals surface area contributed by atoms with Crippen molar-refractivity contribution in [3.8, 4) is 0 Å². The predicted molar refractivity (Wildman–Crippen MR) is 180 cm³/mol. The molecule has 7 nitrogen and oxygen atoms in total. The van der Waals surface area contributed by atoms with Crippen molar-refractivity contribution in [2.75, 3.05) is 18.8 Å². The van der Waals surface area contributed by atoms with E-state index in [0.29, 0.717) is 22.0 Å². The van der Waals surface area contributed by atoms with Crippen molar-refractivity contribution in [1.29, 1.82) is 0 Å². The molecule has 226 valence electrons. The first kappa shape index (κ1) is 34.8. The average Bonchev–Trinajstić information content (AvgIpc) is 3.27. The number of hydrogen-bond donors (Lipinski definition) is 3. The van der Waals surface area contributed by atoms with E-state index in [-0.39, 0.29) is 0 Å². The van der Waals surface area contributed by atoms with E-state index in [1.165, 1.54) is 24.6 Å². The van der Waals surface area contributed by atoms with Gasteiger partial charge in [-0.25, -0.2) is 15.0 Å². The summed E-state index contributed by atoms with van der Waals surface area (Å²) in [5.74, 6) is 0.471. The summed E-state index contributed by atoms with van der Waals surface area (Å²) < 4.78 is 0. The van der Waals surface area contributed by atoms with E-state index in [1.807, 2.05) is 19.9 Å². The first-order chi connectivity index (χ1) is 19.6. The number of allylic oxidation sites excluding steroid dienone is 2. The Labute approximate surface area is 256 Å². The Bertz CT molecular complexity index is 1390. The monoisotopic (exact) mass is 599 g/mol. The van der Waals surface area contributed by atoms with Gasteiger partial charge in [-0.1, -0.05) is 77.1 Å². The molecule has 3 rings (SSSR count). The van der Waals surface area contributed by atoms with Gasteiger partial charge in [-0.3, -0.25) is 4.90 Å². The Morgan fingerprint density at radius 2 is 1.80 bits per heavy atom. The van der Waals surface area contributed by atoms with Crippen molar-refractivity contribution < 1.29 is 0 Å². The van der Waals surface area contributed by atoms with Gasteiger partial charge in [0, 0.05) is 28.4 Å². The maximum absolute atomic E-state index is 6.51. The molecular weight excluding hydrogens is 550 g/mol. The molecule has 0 aliphatic rings. The molecule has 0 saturated carbocycles. The van der Waals surface area contributed by atoms with Gasteiger partial charge in [0.1, 0.15) is 11.5 Å². The fourth-order valence-corrected chi connectivity index (χ4v) is 5.80. The number of fused-ring (bicyclic) bond motifs is 1. The number of nitrogens with one attached hydrogen (secondary N) is 1. The molecule has 0 bridgehead atoms. The molecule has 0 aliphatic carbocycles. The lowest BCUT2D eigenvalue weighted by Crippen LogP contribution is -2.32. The van der Waals surface area contributed by atoms with Crippen LogP contribution < -0.4 is 21.9 Å². The number of rotatable bonds is 13. The zero-order valence-electron chi connectivity index (χ0n) is 26.1. The fourth-order valence-electron chi connectivity index (χ4n) is 4.55. The van der Waals surface area contributed by atoms with Gasteiger partial charge in [0.2, 0.25) is 0 Å². The van der Waals surface area contributed by atoms with Gasteiger partial charge in [-0.2, -0.15) is 0 Å². The van der Waals surface area contributed by atoms with Crippen molar-refractivity contribution in [2.24, 2.45) is 5.73 Å². The first-order valence-corrected chi connectivity index (χ1v) is 16.1. The van der Waals surface area contributed by atoms with Crippen LogP contribution in [0.1, 0.15) is 90.7 Å². The van der Waals surface area contributed by atoms with E-state index < -0.39 is 0 Å². The molecule has 5 N–H and O–H groups in total. The minimum atomic E-state index is 0.449. The van der Waals surface area contributed by atoms with Gasteiger partial charge < -0.3 is 16.5 Å². The summed E-state index contributed by atoms with van der Waals surface area (Å²) in [6, 6.07) is 2.54. The second-order valence-corrected chi connectivity index (χ2v) is 11.7. The van der Waals surface area contributed by atoms with Crippen LogP contribution in [-0.2, 0) is 13.0 Å². The Morgan fingerprint density at radius 1 is 1.12 bits per heavy atom. The molecular formula is C32H50ClN7S. The number of nitrogens with zero attached hydrogens (tertiary/aromatic N) is 4. The number of aromatic amines is 1. The van der Waals surface area contributed by atoms with Crippen LogP contribution in [-0.4, -0.2) is 44.0 Å². The van der Waals surface area contributed by atoms with E-state index in [0.717, 1.165) is 88.8 Å². The number of aryl methyl sites for hydroxylation is 2. The molecule has 0 amide bonds. The third-order valence-corrected chi connectivity index (χ3v) is 8.23. The Balaban J connectivity index is 0.000000745. The summed E-state index contributed by atoms with van der Waals surface area (Å²) in [5.41, 5.74) is 15.4. The third kappa shape index (κ3) is 10.1. The summed E-state index contributed by atoms with van der Waals surface area (Å²) in [5, 5.41) is 3.97. The summed E-state index contributed by atoms with van der Waals surface area (Å²) >= 11 is 8.02. The van der Waals surface area contributed by atoms with Crippen molar-refractivity contribution in [1.82, 2.24) is 24.8 Å². The van der Waals surface area contributed by atoms with Crippen LogP contribution in [0, 0.1) is 6.92 Å². The van der Waals surface area contributed by atoms with Gasteiger partial charge in [-0.15, -0.1) is 0 Å². The number of H-pyrrole nitrogens is 1. The van der Waals surface area contributed by atoms with Crippen molar-refractivity contribution in [3.63, 3.8) is 0 Å². The highest BCUT2D eigenvalue weighted by molar-refractivity contribution is 8.03. The summed E-state index contributed by atoms with van der Waals surface area (Å²) in [7, 11) is 0. The molecule has 41 heavy (non-hydrogen) atoms. The molecule has 1 unspecified atom stereocenters. The van der Waals surface area contributed by atoms with Crippen molar-refractivity contribution in [3.05, 3.63) is 49.6 Å². The summed E-state index contributed by atoms with van der Waals surface area (Å²) in [6.07, 6.45) is 10.7. The van der Waals surface area contributed by atoms with Gasteiger partial charge in [0.05, 0.1) is 21.8 Å². The van der Waals surface area contributed by atoms with E-state index in [1.54, 1.807) is 0 Å². The maximum Gasteiger partial charge on any atom is 0.194 e. The zero-order valence-corrected chi connectivity index (χ0v) is 27.7. The molecule has 3 heterocycles. The van der Waals surface area contributed by atoms with E-state index in [2.05, 4.69) is 68.2 Å². The highest BCUT2D eigenvalue weighted by atomic mass is 35.5. The van der Waals surface area contributed by atoms with Gasteiger partial charge >= 0.3 is 0 Å². The molecule has 0 aliphatic heterocycles. The normalized spacial score (nSPS) is 13.1. The Hall–Kier alpha value is -2.39. The van der Waals surface area contributed by atoms with Crippen LogP contribution in [0.4, 0.5) is 5.82 Å². The van der Waals surface area contributed by atoms with Crippen molar-refractivity contribution in [2.45, 2.75) is 105 Å². The number of nitrogens with two attached hydrogens (primary N) is 2. The predicted octanol–water partition coefficient (Wildman–Crippen LogP) is 6.49. The van der Waals surface area contributed by atoms with Crippen molar-refractivity contribution >= 4 is 52.9 Å². The van der Waals surface area contributed by atoms with Crippen LogP contribution in [0.15, 0.2) is 22.2 Å². The smallest absolute Gasteiger partial charge is 0.194 e. The summed E-state index contributed by atoms with van der Waals surface area (Å²) in [4.78, 5) is 20.8. The maximum atomic E-state index is 6.51. The number of halogens is 1. The molecule has 0 radical (unpaired) electrons. The summed E-state index contributed by atoms with van der Waals surface area (Å²) in [6.45, 7) is 21.7. The number of hydrogen-bond acceptors (Lipinski definition) is 7. The number of nitrogen functional groups attached to an aromatic ring is 1. The number of aromatic nitrogens is 4. The number of anilines is 1. The molecule has 1 atom stereocenters. The van der Waals surface area contributed by atoms with Gasteiger partial charge in [-0.05, 0) is 76.4 Å². The SMILES string of the molecule is C=c1c(N)nc(CN(CCC)CCC)c/c1=C/C(=C\C)Sc1nc(C)c2c(Cl)c(CC)[nH]c2n1.CCCC(N)CC. The quantitative estimate of drug-likeness (QED) is 0.152. The lowest BCUT2D eigenvalue weighted by molar-refractivity contribution is 0.263. The van der Waals surface area contributed by atoms with Crippen LogP contribution in [0.5, 0.6) is 0 Å². The minimum absolute atomic E-state index is 0.449. The van der Waals surface area contributed by atoms with E-state index >= 15 is 0 Å². The first-order valence-electron chi connectivity index (χ1n) is 14.9.